The van der Waals surface area contributed by atoms with E-state index in [0.29, 0.717) is 11.8 Å². The third-order valence-electron chi connectivity index (χ3n) is 2.06. The molecule has 68 valence electrons. The molecule has 0 aliphatic heterocycles. The first-order valence-corrected chi connectivity index (χ1v) is 3.93. The number of H-pyrrole nitrogens is 1. The number of fused-ring (bicyclic) bond motifs is 1. The normalized spacial score (nSPS) is 10.0. The van der Waals surface area contributed by atoms with E-state index in [1.165, 1.54) is 12.3 Å². The molecule has 0 radical (unpaired) electrons. The molecule has 1 aromatic carbocycles. The molecule has 0 amide bonds. The first kappa shape index (κ1) is 8.45. The maximum Gasteiger partial charge on any atom is 0.152 e. The minimum Gasteiger partial charge on any atom is -0.360 e. The molecule has 14 heavy (non-hydrogen) atoms. The number of nitrogens with one attached hydrogen (secondary N) is 1. The Bertz CT molecular complexity index is 551. The summed E-state index contributed by atoms with van der Waals surface area (Å²) in [5, 5.41) is 8.77. The summed E-state index contributed by atoms with van der Waals surface area (Å²) in [5.74, 6) is -0.645. The van der Waals surface area contributed by atoms with Gasteiger partial charge in [0.05, 0.1) is 5.56 Å². The number of aromatic amines is 1. The van der Waals surface area contributed by atoms with Crippen LogP contribution in [-0.4, -0.2) is 11.3 Å². The molecule has 0 spiro atoms. The number of nitriles is 1. The van der Waals surface area contributed by atoms with E-state index in [1.54, 1.807) is 12.1 Å². The minimum atomic E-state index is -0.645. The Hall–Kier alpha value is -2.15. The van der Waals surface area contributed by atoms with E-state index in [9.17, 15) is 9.18 Å². The molecule has 0 aliphatic rings. The smallest absolute Gasteiger partial charge is 0.152 e. The maximum atomic E-state index is 13.5. The second kappa shape index (κ2) is 2.96. The third kappa shape index (κ3) is 0.995. The van der Waals surface area contributed by atoms with E-state index in [2.05, 4.69) is 4.98 Å². The summed E-state index contributed by atoms with van der Waals surface area (Å²) >= 11 is 0. The van der Waals surface area contributed by atoms with E-state index in [0.717, 1.165) is 0 Å². The zero-order valence-electron chi connectivity index (χ0n) is 7.04. The summed E-state index contributed by atoms with van der Waals surface area (Å²) in [6.07, 6.45) is 1.98. The van der Waals surface area contributed by atoms with Crippen LogP contribution < -0.4 is 0 Å². The van der Waals surface area contributed by atoms with Gasteiger partial charge in [0.15, 0.2) is 12.1 Å². The van der Waals surface area contributed by atoms with E-state index in [1.807, 2.05) is 0 Å². The summed E-state index contributed by atoms with van der Waals surface area (Å²) < 4.78 is 13.5. The average Bonchev–Trinajstić information content (AvgIpc) is 2.62. The molecule has 2 aromatic rings. The fraction of sp³-hybridized carbons (Fsp3) is 0. The summed E-state index contributed by atoms with van der Waals surface area (Å²) in [4.78, 5) is 13.3. The van der Waals surface area contributed by atoms with Gasteiger partial charge in [0.1, 0.15) is 6.07 Å². The zero-order valence-corrected chi connectivity index (χ0v) is 7.04. The van der Waals surface area contributed by atoms with Gasteiger partial charge in [-0.05, 0) is 12.1 Å². The van der Waals surface area contributed by atoms with Crippen molar-refractivity contribution in [1.29, 1.82) is 5.26 Å². The molecule has 0 unspecified atom stereocenters. The number of hydrogen-bond acceptors (Lipinski definition) is 2. The van der Waals surface area contributed by atoms with Crippen molar-refractivity contribution in [3.8, 4) is 6.07 Å². The van der Waals surface area contributed by atoms with Crippen LogP contribution in [0.25, 0.3) is 10.9 Å². The van der Waals surface area contributed by atoms with Crippen LogP contribution in [0.4, 0.5) is 4.39 Å². The lowest BCUT2D eigenvalue weighted by molar-refractivity contribution is 0.112. The maximum absolute atomic E-state index is 13.5. The fourth-order valence-electron chi connectivity index (χ4n) is 1.39. The minimum absolute atomic E-state index is 0.0554. The highest BCUT2D eigenvalue weighted by atomic mass is 19.1. The standard InChI is InChI=1S/C10H5FN2O/c11-10-6(3-12)1-2-8-9(10)7(5-14)4-13-8/h1-2,4-5,13H. The molecule has 1 aromatic heterocycles. The van der Waals surface area contributed by atoms with Gasteiger partial charge in [-0.2, -0.15) is 5.26 Å². The number of aromatic nitrogens is 1. The van der Waals surface area contributed by atoms with Crippen LogP contribution in [0.3, 0.4) is 0 Å². The van der Waals surface area contributed by atoms with E-state index >= 15 is 0 Å². The Kier molecular flexibility index (Phi) is 1.79. The van der Waals surface area contributed by atoms with Gasteiger partial charge >= 0.3 is 0 Å². The van der Waals surface area contributed by atoms with Crippen molar-refractivity contribution in [2.45, 2.75) is 0 Å². The van der Waals surface area contributed by atoms with Gasteiger partial charge in [0.2, 0.25) is 0 Å². The van der Waals surface area contributed by atoms with Crippen molar-refractivity contribution in [3.05, 3.63) is 35.3 Å². The quantitative estimate of drug-likeness (QED) is 0.695. The lowest BCUT2D eigenvalue weighted by Gasteiger charge is -1.95. The van der Waals surface area contributed by atoms with Crippen molar-refractivity contribution in [2.24, 2.45) is 0 Å². The molecule has 1 N–H and O–H groups in total. The fourth-order valence-corrected chi connectivity index (χ4v) is 1.39. The van der Waals surface area contributed by atoms with Gasteiger partial charge in [-0.3, -0.25) is 4.79 Å². The molecule has 0 fully saturated rings. The number of nitrogens with zero attached hydrogens (tertiary/aromatic N) is 1. The molecular weight excluding hydrogens is 183 g/mol. The predicted octanol–water partition coefficient (Wildman–Crippen LogP) is 1.99. The van der Waals surface area contributed by atoms with Crippen LogP contribution in [-0.2, 0) is 0 Å². The molecular formula is C10H5FN2O. The zero-order chi connectivity index (χ0) is 10.1. The third-order valence-corrected chi connectivity index (χ3v) is 2.06. The van der Waals surface area contributed by atoms with Gasteiger partial charge in [0, 0.05) is 22.7 Å². The average molecular weight is 188 g/mol. The molecule has 0 bridgehead atoms. The summed E-state index contributed by atoms with van der Waals surface area (Å²) in [6.45, 7) is 0. The Labute approximate surface area is 78.8 Å². The number of carbonyl (C=O) groups excluding carboxylic acids is 1. The molecule has 3 nitrogen and oxygen atoms in total. The molecule has 1 heterocycles. The number of halogens is 1. The SMILES string of the molecule is N#Cc1ccc2[nH]cc(C=O)c2c1F. The Morgan fingerprint density at radius 3 is 2.93 bits per heavy atom. The van der Waals surface area contributed by atoms with Gasteiger partial charge < -0.3 is 4.98 Å². The van der Waals surface area contributed by atoms with E-state index < -0.39 is 5.82 Å². The topological polar surface area (TPSA) is 56.6 Å². The summed E-state index contributed by atoms with van der Waals surface area (Å²) in [5.41, 5.74) is 0.693. The molecule has 0 saturated carbocycles. The lowest BCUT2D eigenvalue weighted by Crippen LogP contribution is -1.86. The predicted molar refractivity (Wildman–Crippen MR) is 48.4 cm³/mol. The molecule has 0 atom stereocenters. The van der Waals surface area contributed by atoms with Crippen LogP contribution in [0.15, 0.2) is 18.3 Å². The van der Waals surface area contributed by atoms with E-state index in [-0.39, 0.29) is 16.5 Å². The van der Waals surface area contributed by atoms with Crippen LogP contribution in [0.2, 0.25) is 0 Å². The van der Waals surface area contributed by atoms with Gasteiger partial charge in [0.25, 0.3) is 0 Å². The van der Waals surface area contributed by atoms with Gasteiger partial charge in [-0.25, -0.2) is 4.39 Å². The Morgan fingerprint density at radius 2 is 2.29 bits per heavy atom. The lowest BCUT2D eigenvalue weighted by atomic mass is 10.1. The molecule has 0 saturated heterocycles. The first-order chi connectivity index (χ1) is 6.77. The number of benzene rings is 1. The molecule has 4 heteroatoms. The Balaban J connectivity index is 2.92. The number of rotatable bonds is 1. The van der Waals surface area contributed by atoms with Crippen molar-refractivity contribution < 1.29 is 9.18 Å². The second-order valence-corrected chi connectivity index (χ2v) is 2.82. The van der Waals surface area contributed by atoms with Crippen molar-refractivity contribution in [1.82, 2.24) is 4.98 Å². The van der Waals surface area contributed by atoms with Crippen LogP contribution in [0.5, 0.6) is 0 Å². The number of hydrogen-bond donors (Lipinski definition) is 1. The second-order valence-electron chi connectivity index (χ2n) is 2.82. The number of aldehydes is 1. The molecule has 0 aliphatic carbocycles. The Morgan fingerprint density at radius 1 is 1.50 bits per heavy atom. The van der Waals surface area contributed by atoms with Crippen LogP contribution in [0, 0.1) is 17.1 Å². The summed E-state index contributed by atoms with van der Waals surface area (Å²) in [7, 11) is 0. The highest BCUT2D eigenvalue weighted by Crippen LogP contribution is 2.22. The van der Waals surface area contributed by atoms with Crippen LogP contribution in [0.1, 0.15) is 15.9 Å². The largest absolute Gasteiger partial charge is 0.360 e. The van der Waals surface area contributed by atoms with Gasteiger partial charge in [-0.1, -0.05) is 0 Å². The van der Waals surface area contributed by atoms with Crippen molar-refractivity contribution in [2.75, 3.05) is 0 Å². The highest BCUT2D eigenvalue weighted by Gasteiger charge is 2.11. The molecule has 2 rings (SSSR count). The first-order valence-electron chi connectivity index (χ1n) is 3.93. The number of carbonyl (C=O) groups is 1. The summed E-state index contributed by atoms with van der Waals surface area (Å²) in [6, 6.07) is 4.67. The van der Waals surface area contributed by atoms with Crippen molar-refractivity contribution >= 4 is 17.2 Å². The van der Waals surface area contributed by atoms with Crippen molar-refractivity contribution in [3.63, 3.8) is 0 Å². The monoisotopic (exact) mass is 188 g/mol. The van der Waals surface area contributed by atoms with Crippen LogP contribution >= 0.6 is 0 Å². The highest BCUT2D eigenvalue weighted by molar-refractivity contribution is 5.98. The van der Waals surface area contributed by atoms with E-state index in [4.69, 9.17) is 5.26 Å². The van der Waals surface area contributed by atoms with Gasteiger partial charge in [-0.15, -0.1) is 0 Å².